The molecule has 0 spiro atoms. The molecule has 1 aromatic heterocycles. The number of aliphatic carboxylic acids is 1. The topological polar surface area (TPSA) is 96.3 Å². The maximum atomic E-state index is 11.6. The Morgan fingerprint density at radius 1 is 1.43 bits per heavy atom. The van der Waals surface area contributed by atoms with Crippen LogP contribution in [0.4, 0.5) is 4.79 Å². The van der Waals surface area contributed by atoms with Crippen LogP contribution in [0.2, 0.25) is 0 Å². The second-order valence-electron chi connectivity index (χ2n) is 5.11. The van der Waals surface area contributed by atoms with E-state index < -0.39 is 5.97 Å². The molecule has 1 rings (SSSR count). The highest BCUT2D eigenvalue weighted by molar-refractivity contribution is 5.75. The van der Waals surface area contributed by atoms with Crippen LogP contribution in [0, 0.1) is 13.8 Å². The number of nitrogens with one attached hydrogen (secondary N) is 2. The number of urea groups is 1. The van der Waals surface area contributed by atoms with Gasteiger partial charge in [0.05, 0.1) is 12.1 Å². The maximum absolute atomic E-state index is 11.6. The fourth-order valence-electron chi connectivity index (χ4n) is 2.08. The minimum Gasteiger partial charge on any atom is -0.481 e. The van der Waals surface area contributed by atoms with E-state index in [4.69, 9.17) is 5.11 Å². The first kappa shape index (κ1) is 17.0. The molecule has 3 N–H and O–H groups in total. The van der Waals surface area contributed by atoms with Crippen molar-refractivity contribution >= 4 is 12.0 Å². The lowest BCUT2D eigenvalue weighted by molar-refractivity contribution is -0.137. The van der Waals surface area contributed by atoms with Gasteiger partial charge in [-0.3, -0.25) is 9.48 Å². The lowest BCUT2D eigenvalue weighted by atomic mass is 10.1. The van der Waals surface area contributed by atoms with Crippen molar-refractivity contribution in [3.8, 4) is 0 Å². The number of carboxylic acid groups (broad SMARTS) is 1. The lowest BCUT2D eigenvalue weighted by Crippen LogP contribution is -2.43. The van der Waals surface area contributed by atoms with Crippen molar-refractivity contribution in [2.45, 2.75) is 52.6 Å². The number of carbonyl (C=O) groups is 2. The van der Waals surface area contributed by atoms with Crippen LogP contribution in [0.15, 0.2) is 6.07 Å². The summed E-state index contributed by atoms with van der Waals surface area (Å²) < 4.78 is 1.91. The standard InChI is InChI=1S/C14H24N4O3/c1-4-12(9-13(19)20)16-14(21)15-6-5-7-18-11(3)8-10(2)17-18/h8,12H,4-7,9H2,1-3H3,(H,19,20)(H2,15,16,21). The molecule has 0 fully saturated rings. The van der Waals surface area contributed by atoms with Crippen LogP contribution in [-0.4, -0.2) is 39.5 Å². The van der Waals surface area contributed by atoms with Gasteiger partial charge in [0, 0.05) is 24.8 Å². The Bertz CT molecular complexity index is 485. The van der Waals surface area contributed by atoms with Gasteiger partial charge in [-0.25, -0.2) is 4.79 Å². The minimum atomic E-state index is -0.910. The number of carboxylic acids is 1. The quantitative estimate of drug-likeness (QED) is 0.632. The highest BCUT2D eigenvalue weighted by Gasteiger charge is 2.13. The normalized spacial score (nSPS) is 12.0. The zero-order chi connectivity index (χ0) is 15.8. The van der Waals surface area contributed by atoms with E-state index in [1.54, 1.807) is 0 Å². The van der Waals surface area contributed by atoms with Crippen LogP contribution in [0.1, 0.15) is 37.6 Å². The summed E-state index contributed by atoms with van der Waals surface area (Å²) in [6.45, 7) is 7.05. The van der Waals surface area contributed by atoms with E-state index in [9.17, 15) is 9.59 Å². The number of carbonyl (C=O) groups excluding carboxylic acids is 1. The van der Waals surface area contributed by atoms with Crippen LogP contribution in [0.25, 0.3) is 0 Å². The molecule has 0 saturated heterocycles. The molecule has 0 radical (unpaired) electrons. The van der Waals surface area contributed by atoms with E-state index in [1.165, 1.54) is 0 Å². The van der Waals surface area contributed by atoms with Crippen LogP contribution >= 0.6 is 0 Å². The monoisotopic (exact) mass is 296 g/mol. The van der Waals surface area contributed by atoms with Crippen molar-refractivity contribution in [3.63, 3.8) is 0 Å². The molecule has 7 heteroatoms. The number of nitrogens with zero attached hydrogens (tertiary/aromatic N) is 2. The van der Waals surface area contributed by atoms with Crippen molar-refractivity contribution in [2.24, 2.45) is 0 Å². The summed E-state index contributed by atoms with van der Waals surface area (Å²) in [5.74, 6) is -0.910. The molecule has 118 valence electrons. The van der Waals surface area contributed by atoms with E-state index >= 15 is 0 Å². The van der Waals surface area contributed by atoms with Gasteiger partial charge >= 0.3 is 12.0 Å². The molecule has 0 aromatic carbocycles. The molecule has 0 saturated carbocycles. The Balaban J connectivity index is 2.24. The van der Waals surface area contributed by atoms with Crippen molar-refractivity contribution in [1.82, 2.24) is 20.4 Å². The van der Waals surface area contributed by atoms with Gasteiger partial charge in [0.2, 0.25) is 0 Å². The third-order valence-electron chi connectivity index (χ3n) is 3.18. The largest absolute Gasteiger partial charge is 0.481 e. The van der Waals surface area contributed by atoms with Crippen LogP contribution < -0.4 is 10.6 Å². The zero-order valence-electron chi connectivity index (χ0n) is 12.8. The van der Waals surface area contributed by atoms with E-state index in [0.717, 1.165) is 24.4 Å². The van der Waals surface area contributed by atoms with Gasteiger partial charge in [-0.15, -0.1) is 0 Å². The predicted octanol–water partition coefficient (Wildman–Crippen LogP) is 1.44. The lowest BCUT2D eigenvalue weighted by Gasteiger charge is -2.15. The summed E-state index contributed by atoms with van der Waals surface area (Å²) in [6, 6.07) is 1.35. The first-order chi connectivity index (χ1) is 9.92. The molecule has 0 aliphatic carbocycles. The van der Waals surface area contributed by atoms with Gasteiger partial charge in [0.15, 0.2) is 0 Å². The molecule has 7 nitrogen and oxygen atoms in total. The van der Waals surface area contributed by atoms with Crippen molar-refractivity contribution in [2.75, 3.05) is 6.54 Å². The second kappa shape index (κ2) is 8.28. The Labute approximate surface area is 124 Å². The number of aryl methyl sites for hydroxylation is 3. The first-order valence-corrected chi connectivity index (χ1v) is 7.19. The third-order valence-corrected chi connectivity index (χ3v) is 3.18. The molecule has 1 aromatic rings. The number of hydrogen-bond acceptors (Lipinski definition) is 3. The molecule has 1 heterocycles. The fourth-order valence-corrected chi connectivity index (χ4v) is 2.08. The minimum absolute atomic E-state index is 0.0598. The smallest absolute Gasteiger partial charge is 0.315 e. The number of aromatic nitrogens is 2. The summed E-state index contributed by atoms with van der Waals surface area (Å²) in [7, 11) is 0. The van der Waals surface area contributed by atoms with E-state index in [-0.39, 0.29) is 18.5 Å². The molecule has 2 amide bonds. The number of rotatable bonds is 8. The summed E-state index contributed by atoms with van der Waals surface area (Å²) >= 11 is 0. The molecule has 21 heavy (non-hydrogen) atoms. The summed E-state index contributed by atoms with van der Waals surface area (Å²) in [6.07, 6.45) is 1.30. The molecule has 0 aliphatic heterocycles. The summed E-state index contributed by atoms with van der Waals surface area (Å²) in [5, 5.41) is 18.5. The fraction of sp³-hybridized carbons (Fsp3) is 0.643. The van der Waals surface area contributed by atoms with Gasteiger partial charge in [-0.1, -0.05) is 6.92 Å². The molecule has 0 bridgehead atoms. The Morgan fingerprint density at radius 2 is 2.14 bits per heavy atom. The van der Waals surface area contributed by atoms with Gasteiger partial charge < -0.3 is 15.7 Å². The SMILES string of the molecule is CCC(CC(=O)O)NC(=O)NCCCn1nc(C)cc1C. The molecule has 1 unspecified atom stereocenters. The summed E-state index contributed by atoms with van der Waals surface area (Å²) in [5.41, 5.74) is 2.09. The van der Waals surface area contributed by atoms with Crippen molar-refractivity contribution < 1.29 is 14.7 Å². The van der Waals surface area contributed by atoms with Gasteiger partial charge in [0.25, 0.3) is 0 Å². The van der Waals surface area contributed by atoms with E-state index in [2.05, 4.69) is 15.7 Å². The van der Waals surface area contributed by atoms with E-state index in [0.29, 0.717) is 13.0 Å². The maximum Gasteiger partial charge on any atom is 0.315 e. The Kier molecular flexibility index (Phi) is 6.71. The average molecular weight is 296 g/mol. The van der Waals surface area contributed by atoms with Crippen molar-refractivity contribution in [3.05, 3.63) is 17.5 Å². The second-order valence-corrected chi connectivity index (χ2v) is 5.11. The van der Waals surface area contributed by atoms with Gasteiger partial charge in [0.1, 0.15) is 0 Å². The van der Waals surface area contributed by atoms with Crippen molar-refractivity contribution in [1.29, 1.82) is 0 Å². The van der Waals surface area contributed by atoms with Crippen LogP contribution in [-0.2, 0) is 11.3 Å². The highest BCUT2D eigenvalue weighted by Crippen LogP contribution is 2.02. The molecule has 0 aliphatic rings. The third kappa shape index (κ3) is 6.29. The number of amides is 2. The molecular weight excluding hydrogens is 272 g/mol. The van der Waals surface area contributed by atoms with Crippen LogP contribution in [0.3, 0.4) is 0 Å². The first-order valence-electron chi connectivity index (χ1n) is 7.19. The predicted molar refractivity (Wildman–Crippen MR) is 79.2 cm³/mol. The molecular formula is C14H24N4O3. The van der Waals surface area contributed by atoms with Gasteiger partial charge in [-0.05, 0) is 32.8 Å². The highest BCUT2D eigenvalue weighted by atomic mass is 16.4. The van der Waals surface area contributed by atoms with Crippen LogP contribution in [0.5, 0.6) is 0 Å². The van der Waals surface area contributed by atoms with E-state index in [1.807, 2.05) is 31.5 Å². The Morgan fingerprint density at radius 3 is 2.67 bits per heavy atom. The average Bonchev–Trinajstić information content (AvgIpc) is 2.71. The zero-order valence-corrected chi connectivity index (χ0v) is 12.8. The van der Waals surface area contributed by atoms with Gasteiger partial charge in [-0.2, -0.15) is 5.10 Å². The number of hydrogen-bond donors (Lipinski definition) is 3. The molecule has 1 atom stereocenters. The Hall–Kier alpha value is -2.05. The summed E-state index contributed by atoms with van der Waals surface area (Å²) in [4.78, 5) is 22.3.